The van der Waals surface area contributed by atoms with Gasteiger partial charge in [-0.1, -0.05) is 50.5 Å². The van der Waals surface area contributed by atoms with E-state index < -0.39 is 0 Å². The molecule has 104 valence electrons. The van der Waals surface area contributed by atoms with Gasteiger partial charge in [0, 0.05) is 5.56 Å². The normalized spacial score (nSPS) is 16.5. The van der Waals surface area contributed by atoms with Gasteiger partial charge in [0.05, 0.1) is 6.61 Å². The number of benzene rings is 1. The van der Waals surface area contributed by atoms with Crippen molar-refractivity contribution in [3.63, 3.8) is 0 Å². The van der Waals surface area contributed by atoms with Crippen LogP contribution in [0.4, 0.5) is 0 Å². The maximum atomic E-state index is 12.0. The average Bonchev–Trinajstić information content (AvgIpc) is 2.48. The van der Waals surface area contributed by atoms with E-state index in [1.165, 1.54) is 37.7 Å². The van der Waals surface area contributed by atoms with Gasteiger partial charge in [0.25, 0.3) is 0 Å². The van der Waals surface area contributed by atoms with Crippen LogP contribution in [0.5, 0.6) is 0 Å². The van der Waals surface area contributed by atoms with Gasteiger partial charge in [-0.25, -0.2) is 0 Å². The van der Waals surface area contributed by atoms with Crippen molar-refractivity contribution in [2.75, 3.05) is 13.2 Å². The fourth-order valence-electron chi connectivity index (χ4n) is 2.68. The van der Waals surface area contributed by atoms with Gasteiger partial charge >= 0.3 is 0 Å². The van der Waals surface area contributed by atoms with Crippen LogP contribution in [0.15, 0.2) is 24.3 Å². The molecule has 0 atom stereocenters. The van der Waals surface area contributed by atoms with Crippen LogP contribution in [0.1, 0.15) is 54.9 Å². The number of hydrogen-bond donors (Lipinski definition) is 0. The minimum atomic E-state index is 0.0958. The highest BCUT2D eigenvalue weighted by Crippen LogP contribution is 2.23. The summed E-state index contributed by atoms with van der Waals surface area (Å²) in [4.78, 5) is 12.0. The Morgan fingerprint density at radius 2 is 1.84 bits per heavy atom. The summed E-state index contributed by atoms with van der Waals surface area (Å²) < 4.78 is 5.60. The van der Waals surface area contributed by atoms with Crippen molar-refractivity contribution in [2.45, 2.75) is 45.4 Å². The molecule has 2 heteroatoms. The predicted molar refractivity (Wildman–Crippen MR) is 77.5 cm³/mol. The molecule has 0 unspecified atom stereocenters. The van der Waals surface area contributed by atoms with E-state index in [-0.39, 0.29) is 12.4 Å². The molecule has 1 aliphatic carbocycles. The van der Waals surface area contributed by atoms with E-state index in [1.807, 2.05) is 24.3 Å². The average molecular weight is 260 g/mol. The van der Waals surface area contributed by atoms with Crippen molar-refractivity contribution in [2.24, 2.45) is 5.92 Å². The Morgan fingerprint density at radius 1 is 1.16 bits per heavy atom. The van der Waals surface area contributed by atoms with Crippen molar-refractivity contribution in [1.29, 1.82) is 0 Å². The van der Waals surface area contributed by atoms with E-state index >= 15 is 0 Å². The van der Waals surface area contributed by atoms with Crippen LogP contribution in [0.2, 0.25) is 0 Å². The monoisotopic (exact) mass is 260 g/mol. The van der Waals surface area contributed by atoms with Crippen LogP contribution in [0.25, 0.3) is 0 Å². The molecule has 0 heterocycles. The largest absolute Gasteiger partial charge is 0.373 e. The molecule has 0 N–H and O–H groups in total. The lowest BCUT2D eigenvalue weighted by molar-refractivity contribution is 0.0628. The van der Waals surface area contributed by atoms with Crippen LogP contribution >= 0.6 is 0 Å². The first-order valence-corrected chi connectivity index (χ1v) is 7.49. The van der Waals surface area contributed by atoms with Crippen molar-refractivity contribution in [3.8, 4) is 0 Å². The Kier molecular flexibility index (Phi) is 5.59. The summed E-state index contributed by atoms with van der Waals surface area (Å²) in [6.07, 6.45) is 7.53. The standard InChI is InChI=1S/C17H24O2/c1-2-14-8-10-16(11-9-14)17(18)13-19-12-15-6-4-3-5-7-15/h8-11,15H,2-7,12-13H2,1H3. The summed E-state index contributed by atoms with van der Waals surface area (Å²) in [5, 5.41) is 0. The second kappa shape index (κ2) is 7.44. The first kappa shape index (κ1) is 14.3. The second-order valence-corrected chi connectivity index (χ2v) is 5.49. The number of aryl methyl sites for hydroxylation is 1. The number of rotatable bonds is 6. The van der Waals surface area contributed by atoms with Crippen LogP contribution in [-0.4, -0.2) is 19.0 Å². The number of Topliss-reactive ketones (excluding diaryl/α,β-unsaturated/α-hetero) is 1. The lowest BCUT2D eigenvalue weighted by atomic mass is 9.90. The first-order chi connectivity index (χ1) is 9.29. The second-order valence-electron chi connectivity index (χ2n) is 5.49. The Morgan fingerprint density at radius 3 is 2.47 bits per heavy atom. The third kappa shape index (κ3) is 4.46. The maximum Gasteiger partial charge on any atom is 0.188 e. The van der Waals surface area contributed by atoms with Gasteiger partial charge in [-0.05, 0) is 30.7 Å². The minimum Gasteiger partial charge on any atom is -0.373 e. The fraction of sp³-hybridized carbons (Fsp3) is 0.588. The molecular weight excluding hydrogens is 236 g/mol. The molecular formula is C17H24O2. The molecule has 1 saturated carbocycles. The minimum absolute atomic E-state index is 0.0958. The van der Waals surface area contributed by atoms with Crippen LogP contribution < -0.4 is 0 Å². The molecule has 0 aliphatic heterocycles. The molecule has 1 fully saturated rings. The van der Waals surface area contributed by atoms with Crippen LogP contribution in [0.3, 0.4) is 0 Å². The molecule has 0 aromatic heterocycles. The summed E-state index contributed by atoms with van der Waals surface area (Å²) >= 11 is 0. The number of carbonyl (C=O) groups excluding carboxylic acids is 1. The topological polar surface area (TPSA) is 26.3 Å². The lowest BCUT2D eigenvalue weighted by Gasteiger charge is -2.21. The third-order valence-corrected chi connectivity index (χ3v) is 4.00. The van der Waals surface area contributed by atoms with Gasteiger partial charge in [0.1, 0.15) is 6.61 Å². The van der Waals surface area contributed by atoms with E-state index in [4.69, 9.17) is 4.74 Å². The van der Waals surface area contributed by atoms with Crippen molar-refractivity contribution >= 4 is 5.78 Å². The number of ether oxygens (including phenoxy) is 1. The fourth-order valence-corrected chi connectivity index (χ4v) is 2.68. The van der Waals surface area contributed by atoms with Gasteiger partial charge in [0.2, 0.25) is 0 Å². The maximum absolute atomic E-state index is 12.0. The zero-order valence-electron chi connectivity index (χ0n) is 11.9. The molecule has 0 bridgehead atoms. The van der Waals surface area contributed by atoms with Crippen LogP contribution in [-0.2, 0) is 11.2 Å². The quantitative estimate of drug-likeness (QED) is 0.722. The summed E-state index contributed by atoms with van der Waals surface area (Å²) in [6.45, 7) is 3.09. The Labute approximate surface area is 116 Å². The SMILES string of the molecule is CCc1ccc(C(=O)COCC2CCCCC2)cc1. The number of ketones is 1. The van der Waals surface area contributed by atoms with Crippen molar-refractivity contribution in [3.05, 3.63) is 35.4 Å². The smallest absolute Gasteiger partial charge is 0.188 e. The Hall–Kier alpha value is -1.15. The van der Waals surface area contributed by atoms with E-state index in [2.05, 4.69) is 6.92 Å². The van der Waals surface area contributed by atoms with Gasteiger partial charge < -0.3 is 4.74 Å². The first-order valence-electron chi connectivity index (χ1n) is 7.49. The lowest BCUT2D eigenvalue weighted by Crippen LogP contribution is -2.17. The molecule has 1 aromatic carbocycles. The number of hydrogen-bond acceptors (Lipinski definition) is 2. The molecule has 0 radical (unpaired) electrons. The summed E-state index contributed by atoms with van der Waals surface area (Å²) in [5.74, 6) is 0.766. The highest BCUT2D eigenvalue weighted by atomic mass is 16.5. The molecule has 2 rings (SSSR count). The van der Waals surface area contributed by atoms with E-state index in [0.29, 0.717) is 5.92 Å². The highest BCUT2D eigenvalue weighted by molar-refractivity contribution is 5.97. The molecule has 1 aliphatic rings. The molecule has 19 heavy (non-hydrogen) atoms. The molecule has 0 saturated heterocycles. The van der Waals surface area contributed by atoms with Crippen molar-refractivity contribution < 1.29 is 9.53 Å². The Bertz CT molecular complexity index is 388. The zero-order valence-corrected chi connectivity index (χ0v) is 11.9. The highest BCUT2D eigenvalue weighted by Gasteiger charge is 2.14. The summed E-state index contributed by atoms with van der Waals surface area (Å²) in [7, 11) is 0. The molecule has 0 amide bonds. The van der Waals surface area contributed by atoms with E-state index in [9.17, 15) is 4.79 Å². The number of carbonyl (C=O) groups is 1. The summed E-state index contributed by atoms with van der Waals surface area (Å²) in [6, 6.07) is 7.86. The zero-order chi connectivity index (χ0) is 13.5. The molecule has 2 nitrogen and oxygen atoms in total. The van der Waals surface area contributed by atoms with E-state index in [0.717, 1.165) is 18.6 Å². The summed E-state index contributed by atoms with van der Waals surface area (Å²) in [5.41, 5.74) is 2.03. The van der Waals surface area contributed by atoms with Crippen LogP contribution in [0, 0.1) is 5.92 Å². The van der Waals surface area contributed by atoms with Gasteiger partial charge in [-0.15, -0.1) is 0 Å². The van der Waals surface area contributed by atoms with Gasteiger partial charge in [0.15, 0.2) is 5.78 Å². The molecule has 1 aromatic rings. The van der Waals surface area contributed by atoms with E-state index in [1.54, 1.807) is 0 Å². The van der Waals surface area contributed by atoms with Crippen molar-refractivity contribution in [1.82, 2.24) is 0 Å². The van der Waals surface area contributed by atoms with Gasteiger partial charge in [-0.2, -0.15) is 0 Å². The predicted octanol–water partition coefficient (Wildman–Crippen LogP) is 4.03. The molecule has 0 spiro atoms. The van der Waals surface area contributed by atoms with Gasteiger partial charge in [-0.3, -0.25) is 4.79 Å². The Balaban J connectivity index is 1.73. The third-order valence-electron chi connectivity index (χ3n) is 4.00.